The fraction of sp³-hybridized carbons (Fsp3) is 0.431. The zero-order valence-electron chi connectivity index (χ0n) is 35.8. The number of rotatable bonds is 12. The molecule has 6 rings (SSSR count). The van der Waals surface area contributed by atoms with Crippen molar-refractivity contribution < 1.29 is 21.3 Å². The van der Waals surface area contributed by atoms with Crippen molar-refractivity contribution in [3.05, 3.63) is 137 Å². The van der Waals surface area contributed by atoms with Gasteiger partial charge in [0.05, 0.1) is 0 Å². The van der Waals surface area contributed by atoms with Crippen LogP contribution in [0.15, 0.2) is 103 Å². The summed E-state index contributed by atoms with van der Waals surface area (Å²) in [6.45, 7) is 29.1. The molecule has 0 aromatic heterocycles. The van der Waals surface area contributed by atoms with E-state index in [4.69, 9.17) is 0 Å². The molecule has 2 aliphatic carbocycles. The molecule has 4 aromatic carbocycles. The Morgan fingerprint density at radius 1 is 0.574 bits per heavy atom. The number of fused-ring (bicyclic) bond motifs is 3. The summed E-state index contributed by atoms with van der Waals surface area (Å²) >= 11 is -2.86. The predicted molar refractivity (Wildman–Crippen MR) is 244 cm³/mol. The van der Waals surface area contributed by atoms with E-state index in [1.165, 1.54) is 69.6 Å². The Balaban J connectivity index is 1.70. The first-order valence-corrected chi connectivity index (χ1v) is 30.4. The van der Waals surface area contributed by atoms with Crippen molar-refractivity contribution >= 4 is 33.0 Å². The Morgan fingerprint density at radius 3 is 1.46 bits per heavy atom. The van der Waals surface area contributed by atoms with Crippen LogP contribution in [0.3, 0.4) is 0 Å². The molecule has 0 fully saturated rings. The van der Waals surface area contributed by atoms with Crippen LogP contribution in [0.4, 0.5) is 0 Å². The quantitative estimate of drug-likeness (QED) is 0.110. The number of allylic oxidation sites excluding steroid dienone is 4. The second-order valence-electron chi connectivity index (χ2n) is 18.5. The number of hydrogen-bond donors (Lipinski definition) is 0. The summed E-state index contributed by atoms with van der Waals surface area (Å²) in [7, 11) is -3.00. The molecular weight excluding hydrogens is 760 g/mol. The van der Waals surface area contributed by atoms with Crippen LogP contribution in [0.25, 0.3) is 11.1 Å². The monoisotopic (exact) mass is 826 g/mol. The zero-order chi connectivity index (χ0) is 39.1. The van der Waals surface area contributed by atoms with Gasteiger partial charge in [0, 0.05) is 0 Å². The van der Waals surface area contributed by atoms with Gasteiger partial charge in [-0.1, -0.05) is 0 Å². The summed E-state index contributed by atoms with van der Waals surface area (Å²) in [6, 6.07) is 40.8. The molecule has 0 aliphatic heterocycles. The molecule has 0 atom stereocenters. The maximum absolute atomic E-state index is 2.86. The van der Waals surface area contributed by atoms with Crippen LogP contribution in [0.2, 0.25) is 39.9 Å². The molecule has 4 aromatic rings. The SMILES string of the molecule is CC[Si](CC)(CC)c1ccc([C](c2ccc([Si](CC)(CC)CC)cc2)=[Zr]([c]2c(C(C)(C)C)ccc3c2Cc2cc(C(C)(C)C)ccc2-3)[CH]2C=CC=C2)cc1. The molecule has 54 heavy (non-hydrogen) atoms. The summed E-state index contributed by atoms with van der Waals surface area (Å²) in [6.07, 6.45) is 10.9. The van der Waals surface area contributed by atoms with E-state index in [1.807, 2.05) is 0 Å². The van der Waals surface area contributed by atoms with Gasteiger partial charge in [0.25, 0.3) is 0 Å². The van der Waals surface area contributed by atoms with Crippen LogP contribution < -0.4 is 13.6 Å². The van der Waals surface area contributed by atoms with Crippen molar-refractivity contribution in [1.82, 2.24) is 0 Å². The average molecular weight is 829 g/mol. The first-order chi connectivity index (χ1) is 25.7. The Morgan fingerprint density at radius 2 is 1.04 bits per heavy atom. The summed E-state index contributed by atoms with van der Waals surface area (Å²) < 4.78 is 3.89. The molecule has 0 radical (unpaired) electrons. The summed E-state index contributed by atoms with van der Waals surface area (Å²) in [4.78, 5) is 0. The van der Waals surface area contributed by atoms with Crippen molar-refractivity contribution in [2.45, 2.75) is 140 Å². The van der Waals surface area contributed by atoms with Gasteiger partial charge in [-0.3, -0.25) is 0 Å². The molecule has 0 unspecified atom stereocenters. The fourth-order valence-electron chi connectivity index (χ4n) is 9.94. The van der Waals surface area contributed by atoms with Crippen LogP contribution >= 0.6 is 0 Å². The Bertz CT molecular complexity index is 1960. The normalized spacial score (nSPS) is 14.4. The topological polar surface area (TPSA) is 0 Å². The fourth-order valence-corrected chi connectivity index (χ4v) is 26.4. The van der Waals surface area contributed by atoms with Gasteiger partial charge in [-0.15, -0.1) is 0 Å². The third-order valence-corrected chi connectivity index (χ3v) is 33.3. The Hall–Kier alpha value is -2.45. The summed E-state index contributed by atoms with van der Waals surface area (Å²) in [5.74, 6) is 0. The number of hydrogen-bond acceptors (Lipinski definition) is 0. The van der Waals surface area contributed by atoms with E-state index in [-0.39, 0.29) is 10.8 Å². The molecule has 0 bridgehead atoms. The second kappa shape index (κ2) is 16.2. The first-order valence-electron chi connectivity index (χ1n) is 21.3. The van der Waals surface area contributed by atoms with Gasteiger partial charge in [0.2, 0.25) is 0 Å². The predicted octanol–water partition coefficient (Wildman–Crippen LogP) is 12.7. The second-order valence-corrected chi connectivity index (χ2v) is 35.1. The Kier molecular flexibility index (Phi) is 12.3. The molecule has 0 saturated carbocycles. The van der Waals surface area contributed by atoms with Crippen LogP contribution in [-0.4, -0.2) is 19.4 Å². The van der Waals surface area contributed by atoms with Crippen LogP contribution in [-0.2, 0) is 38.5 Å². The van der Waals surface area contributed by atoms with Gasteiger partial charge in [0.15, 0.2) is 0 Å². The van der Waals surface area contributed by atoms with Gasteiger partial charge >= 0.3 is 342 Å². The van der Waals surface area contributed by atoms with E-state index >= 15 is 0 Å². The number of benzene rings is 4. The maximum atomic E-state index is 2.57. The summed E-state index contributed by atoms with van der Waals surface area (Å²) in [5, 5.41) is 3.29. The third kappa shape index (κ3) is 7.53. The molecular formula is C51H68Si2Zr. The molecule has 3 heteroatoms. The average Bonchev–Trinajstić information content (AvgIpc) is 3.84. The van der Waals surface area contributed by atoms with Gasteiger partial charge in [-0.25, -0.2) is 0 Å². The van der Waals surface area contributed by atoms with E-state index in [2.05, 4.69) is 186 Å². The van der Waals surface area contributed by atoms with Crippen LogP contribution in [0, 0.1) is 0 Å². The van der Waals surface area contributed by atoms with Crippen LogP contribution in [0.5, 0.6) is 0 Å². The molecule has 284 valence electrons. The first kappa shape index (κ1) is 41.2. The van der Waals surface area contributed by atoms with Crippen molar-refractivity contribution in [2.24, 2.45) is 0 Å². The standard InChI is InChI=1S/C25H38Si2.C21H25.C5H5.Zr/c1-7-26(8-2,9-3)24-17-13-22(14-18-24)21-23-15-19-25(20-16-23)27(10-4,11-5)12-6;1-20(2,3)16-7-9-18-14(12-16)11-15-13-17(21(4,5)6)8-10-19(15)18;1-2-4-5-3-1;/h13-20H,7-12H2,1-6H3;7-10,12H,11H2,1-6H3;1-5H;. The minimum atomic E-state index is -2.86. The van der Waals surface area contributed by atoms with Crippen molar-refractivity contribution in [1.29, 1.82) is 0 Å². The van der Waals surface area contributed by atoms with Gasteiger partial charge < -0.3 is 0 Å². The molecule has 0 N–H and O–H groups in total. The van der Waals surface area contributed by atoms with E-state index < -0.39 is 37.4 Å². The van der Waals surface area contributed by atoms with Gasteiger partial charge in [-0.2, -0.15) is 0 Å². The van der Waals surface area contributed by atoms with E-state index in [0.29, 0.717) is 3.63 Å². The van der Waals surface area contributed by atoms with E-state index in [9.17, 15) is 0 Å². The molecule has 0 spiro atoms. The summed E-state index contributed by atoms with van der Waals surface area (Å²) in [5.41, 5.74) is 12.2. The third-order valence-electron chi connectivity index (χ3n) is 14.0. The van der Waals surface area contributed by atoms with Crippen molar-refractivity contribution in [3.8, 4) is 11.1 Å². The zero-order valence-corrected chi connectivity index (χ0v) is 40.3. The molecule has 2 aliphatic rings. The molecule has 0 nitrogen and oxygen atoms in total. The minimum absolute atomic E-state index is 0.0372. The van der Waals surface area contributed by atoms with E-state index in [1.54, 1.807) is 28.0 Å². The van der Waals surface area contributed by atoms with Crippen molar-refractivity contribution in [3.63, 3.8) is 0 Å². The van der Waals surface area contributed by atoms with Gasteiger partial charge in [0.1, 0.15) is 0 Å². The van der Waals surface area contributed by atoms with Gasteiger partial charge in [-0.05, 0) is 0 Å². The Labute approximate surface area is 339 Å². The van der Waals surface area contributed by atoms with E-state index in [0.717, 1.165) is 6.42 Å². The van der Waals surface area contributed by atoms with Crippen molar-refractivity contribution in [2.75, 3.05) is 0 Å². The molecule has 0 amide bonds. The molecule has 0 saturated heterocycles. The molecule has 0 heterocycles. The van der Waals surface area contributed by atoms with Crippen LogP contribution in [0.1, 0.15) is 116 Å².